The fourth-order valence-electron chi connectivity index (χ4n) is 0.482. The van der Waals surface area contributed by atoms with E-state index >= 15 is 0 Å². The van der Waals surface area contributed by atoms with E-state index in [0.717, 1.165) is 8.97 Å². The summed E-state index contributed by atoms with van der Waals surface area (Å²) < 4.78 is 13.1. The van der Waals surface area contributed by atoms with E-state index < -0.39 is 5.95 Å². The van der Waals surface area contributed by atoms with Gasteiger partial charge in [0.15, 0.2) is 0 Å². The van der Waals surface area contributed by atoms with E-state index in [1.54, 1.807) is 6.07 Å². The molecule has 1 rings (SSSR count). The standard InChI is InChI=1S/C6H5AtFN/c1-4-2-3-5(8)9-6(4)7/h2-3H,1H3. The fraction of sp³-hybridized carbons (Fsp3) is 0.167. The van der Waals surface area contributed by atoms with Crippen molar-refractivity contribution in [1.29, 1.82) is 0 Å². The van der Waals surface area contributed by atoms with Crippen LogP contribution >= 0.6 is 0 Å². The summed E-state index contributed by atoms with van der Waals surface area (Å²) in [6.45, 7) is 1.92. The molecule has 0 amide bonds. The third kappa shape index (κ3) is 1.69. The van der Waals surface area contributed by atoms with Gasteiger partial charge in [0.25, 0.3) is 0 Å². The van der Waals surface area contributed by atoms with Crippen LogP contribution < -0.4 is 3.40 Å². The van der Waals surface area contributed by atoms with Crippen LogP contribution in [-0.2, 0) is 0 Å². The van der Waals surface area contributed by atoms with Gasteiger partial charge >= 0.3 is 68.1 Å². The fourth-order valence-corrected chi connectivity index (χ4v) is 1.04. The average Bonchev–Trinajstić information content (AvgIpc) is 1.80. The summed E-state index contributed by atoms with van der Waals surface area (Å²) in [7, 11) is 0. The van der Waals surface area contributed by atoms with Crippen LogP contribution in [0.5, 0.6) is 0 Å². The van der Waals surface area contributed by atoms with Crippen LogP contribution in [0, 0.1) is 37.6 Å². The predicted octanol–water partition coefficient (Wildman–Crippen LogP) is 0.704. The van der Waals surface area contributed by atoms with Crippen LogP contribution in [0.2, 0.25) is 0 Å². The number of halogens is 1. The Balaban J connectivity index is 3.17. The van der Waals surface area contributed by atoms with Crippen molar-refractivity contribution < 1.29 is 29.1 Å². The Hall–Kier alpha value is -0.0369. The van der Waals surface area contributed by atoms with E-state index in [2.05, 4.69) is 4.98 Å². The second-order valence-electron chi connectivity index (χ2n) is 1.74. The van der Waals surface area contributed by atoms with E-state index in [4.69, 9.17) is 0 Å². The normalized spacial score (nSPS) is 9.67. The first-order chi connectivity index (χ1) is 4.20. The molecule has 0 radical (unpaired) electrons. The summed E-state index contributed by atoms with van der Waals surface area (Å²) in [4.78, 5) is 3.63. The minimum atomic E-state index is -0.391. The van der Waals surface area contributed by atoms with Gasteiger partial charge in [-0.2, -0.15) is 0 Å². The van der Waals surface area contributed by atoms with Crippen LogP contribution in [-0.4, -0.2) is 4.98 Å². The van der Waals surface area contributed by atoms with Crippen molar-refractivity contribution in [3.05, 3.63) is 23.6 Å². The van der Waals surface area contributed by atoms with Crippen LogP contribution in [0.3, 0.4) is 0 Å². The summed E-state index contributed by atoms with van der Waals surface area (Å²) >= 11 is 1.40. The molecule has 0 saturated carbocycles. The Bertz CT molecular complexity index is 224. The molecule has 0 aliphatic heterocycles. The summed E-state index contributed by atoms with van der Waals surface area (Å²) in [6.07, 6.45) is 0. The average molecular weight is 320 g/mol. The summed E-state index contributed by atoms with van der Waals surface area (Å²) in [5, 5.41) is 0. The zero-order valence-corrected chi connectivity index (χ0v) is 7.80. The van der Waals surface area contributed by atoms with Gasteiger partial charge < -0.3 is 0 Å². The molecule has 0 saturated heterocycles. The summed E-state index contributed by atoms with van der Waals surface area (Å²) in [6, 6.07) is 3.11. The van der Waals surface area contributed by atoms with Gasteiger partial charge in [0.2, 0.25) is 0 Å². The Morgan fingerprint density at radius 1 is 1.56 bits per heavy atom. The Kier molecular flexibility index (Phi) is 2.12. The van der Waals surface area contributed by atoms with Gasteiger partial charge in [-0.05, 0) is 0 Å². The number of aromatic nitrogens is 1. The van der Waals surface area contributed by atoms with Crippen LogP contribution in [0.1, 0.15) is 5.56 Å². The van der Waals surface area contributed by atoms with Crippen LogP contribution in [0.4, 0.5) is 4.39 Å². The number of rotatable bonds is 0. The first-order valence-corrected chi connectivity index (χ1v) is 3.96. The van der Waals surface area contributed by atoms with Gasteiger partial charge in [0.1, 0.15) is 0 Å². The van der Waals surface area contributed by atoms with Crippen molar-refractivity contribution in [3.63, 3.8) is 0 Å². The summed E-state index contributed by atoms with van der Waals surface area (Å²) in [5.74, 6) is -0.391. The molecule has 0 bridgehead atoms. The molecule has 1 aromatic heterocycles. The molecule has 0 aromatic carbocycles. The Labute approximate surface area is 68.2 Å². The second kappa shape index (κ2) is 2.70. The monoisotopic (exact) mass is 320 g/mol. The number of hydrogen-bond acceptors (Lipinski definition) is 1. The number of nitrogens with zero attached hydrogens (tertiary/aromatic N) is 1. The quantitative estimate of drug-likeness (QED) is 0.642. The van der Waals surface area contributed by atoms with E-state index in [9.17, 15) is 4.39 Å². The van der Waals surface area contributed by atoms with Gasteiger partial charge in [-0.3, -0.25) is 0 Å². The molecule has 3 heteroatoms. The molecule has 1 heterocycles. The van der Waals surface area contributed by atoms with Crippen molar-refractivity contribution in [2.45, 2.75) is 6.92 Å². The zero-order chi connectivity index (χ0) is 6.85. The molecular formula is C6H5AtFN. The molecule has 0 aliphatic rings. The van der Waals surface area contributed by atoms with E-state index in [1.807, 2.05) is 6.92 Å². The zero-order valence-electron chi connectivity index (χ0n) is 4.86. The molecule has 0 unspecified atom stereocenters. The van der Waals surface area contributed by atoms with E-state index in [0.29, 0.717) is 0 Å². The molecule has 0 aliphatic carbocycles. The number of pyridine rings is 1. The minimum absolute atomic E-state index is 0.391. The van der Waals surface area contributed by atoms with Gasteiger partial charge in [-0.15, -0.1) is 0 Å². The number of hydrogen-bond donors (Lipinski definition) is 0. The molecule has 0 atom stereocenters. The topological polar surface area (TPSA) is 12.9 Å². The van der Waals surface area contributed by atoms with Crippen molar-refractivity contribution in [2.75, 3.05) is 0 Å². The van der Waals surface area contributed by atoms with Crippen molar-refractivity contribution in [1.82, 2.24) is 4.98 Å². The number of aryl methyl sites for hydroxylation is 1. The van der Waals surface area contributed by atoms with Gasteiger partial charge in [0.05, 0.1) is 0 Å². The molecule has 48 valence electrons. The maximum atomic E-state index is 12.2. The van der Waals surface area contributed by atoms with Crippen molar-refractivity contribution in [3.8, 4) is 0 Å². The molecule has 0 spiro atoms. The van der Waals surface area contributed by atoms with E-state index in [1.165, 1.54) is 30.8 Å². The molecule has 9 heavy (non-hydrogen) atoms. The molecular weight excluding hydrogens is 315 g/mol. The van der Waals surface area contributed by atoms with Crippen molar-refractivity contribution >= 4 is 3.40 Å². The van der Waals surface area contributed by atoms with E-state index in [-0.39, 0.29) is 0 Å². The molecule has 0 fully saturated rings. The predicted molar refractivity (Wildman–Crippen MR) is 28.6 cm³/mol. The SMILES string of the molecule is Cc1ccc(F)nc1[At]. The third-order valence-electron chi connectivity index (χ3n) is 1.00. The first kappa shape index (κ1) is 7.07. The van der Waals surface area contributed by atoms with Gasteiger partial charge in [-0.1, -0.05) is 0 Å². The van der Waals surface area contributed by atoms with Crippen molar-refractivity contribution in [2.24, 2.45) is 0 Å². The Morgan fingerprint density at radius 3 is 2.67 bits per heavy atom. The third-order valence-corrected chi connectivity index (χ3v) is 2.49. The van der Waals surface area contributed by atoms with Crippen LogP contribution in [0.15, 0.2) is 12.1 Å². The Morgan fingerprint density at radius 2 is 2.22 bits per heavy atom. The van der Waals surface area contributed by atoms with Gasteiger partial charge in [-0.25, -0.2) is 0 Å². The molecule has 0 N–H and O–H groups in total. The van der Waals surface area contributed by atoms with Gasteiger partial charge in [0, 0.05) is 0 Å². The maximum absolute atomic E-state index is 12.2. The van der Waals surface area contributed by atoms with Crippen LogP contribution in [0.25, 0.3) is 0 Å². The molecule has 1 nitrogen and oxygen atoms in total. The molecule has 1 aromatic rings. The second-order valence-corrected chi connectivity index (χ2v) is 3.13. The summed E-state index contributed by atoms with van der Waals surface area (Å²) in [5.41, 5.74) is 1.05. The first-order valence-electron chi connectivity index (χ1n) is 2.49.